The molecule has 0 aliphatic carbocycles. The summed E-state index contributed by atoms with van der Waals surface area (Å²) in [7, 11) is 0. The maximum atomic E-state index is 15.2. The van der Waals surface area contributed by atoms with Gasteiger partial charge in [-0.25, -0.2) is 13.2 Å². The number of morpholine rings is 1. The number of anilines is 2. The average molecular weight is 492 g/mol. The molecule has 0 spiro atoms. The molecule has 0 unspecified atom stereocenters. The van der Waals surface area contributed by atoms with E-state index in [0.29, 0.717) is 37.2 Å². The molecule has 0 radical (unpaired) electrons. The second-order valence-electron chi connectivity index (χ2n) is 8.16. The molecule has 2 aromatic heterocycles. The van der Waals surface area contributed by atoms with Gasteiger partial charge in [-0.1, -0.05) is 6.07 Å². The molecule has 10 heteroatoms. The van der Waals surface area contributed by atoms with Crippen LogP contribution in [0.4, 0.5) is 24.5 Å². The summed E-state index contributed by atoms with van der Waals surface area (Å²) in [4.78, 5) is 36.1. The molecule has 0 atom stereocenters. The number of halogens is 3. The number of ether oxygens (including phenoxy) is 1. The van der Waals surface area contributed by atoms with Gasteiger partial charge in [0.05, 0.1) is 48.1 Å². The number of hydrogen-bond acceptors (Lipinski definition) is 6. The predicted molar refractivity (Wildman–Crippen MR) is 127 cm³/mol. The van der Waals surface area contributed by atoms with Crippen molar-refractivity contribution in [2.75, 3.05) is 36.5 Å². The summed E-state index contributed by atoms with van der Waals surface area (Å²) in [6.45, 7) is 2.58. The molecule has 0 saturated carbocycles. The quantitative estimate of drug-likeness (QED) is 0.417. The van der Waals surface area contributed by atoms with Gasteiger partial charge in [-0.3, -0.25) is 19.6 Å². The largest absolute Gasteiger partial charge is 0.378 e. The van der Waals surface area contributed by atoms with E-state index in [0.717, 1.165) is 30.0 Å². The van der Waals surface area contributed by atoms with Gasteiger partial charge in [-0.05, 0) is 36.4 Å². The van der Waals surface area contributed by atoms with Crippen molar-refractivity contribution in [2.45, 2.75) is 0 Å². The molecule has 1 saturated heterocycles. The van der Waals surface area contributed by atoms with Gasteiger partial charge < -0.3 is 15.0 Å². The van der Waals surface area contributed by atoms with Gasteiger partial charge in [-0.15, -0.1) is 0 Å². The number of amides is 1. The lowest BCUT2D eigenvalue weighted by molar-refractivity contribution is 0.101. The molecule has 182 valence electrons. The highest BCUT2D eigenvalue weighted by Crippen LogP contribution is 2.26. The lowest BCUT2D eigenvalue weighted by atomic mass is 10.0. The first-order chi connectivity index (χ1) is 17.4. The van der Waals surface area contributed by atoms with Crippen LogP contribution in [-0.4, -0.2) is 48.0 Å². The normalized spacial score (nSPS) is 13.6. The molecule has 4 aromatic rings. The lowest BCUT2D eigenvalue weighted by Gasteiger charge is -2.28. The standard InChI is InChI=1S/C26H19F3N4O3/c27-17-3-1-2-15(8-17)26(35)32-21-12-18(28)11-20(24(21)29)25(34)22-10-16-9-19(13-30-23(16)14-31-22)33-4-6-36-7-5-33/h1-3,8-14H,4-7H2,(H,32,35). The lowest BCUT2D eigenvalue weighted by Crippen LogP contribution is -2.36. The number of hydrogen-bond donors (Lipinski definition) is 1. The van der Waals surface area contributed by atoms with E-state index in [-0.39, 0.29) is 11.3 Å². The maximum absolute atomic E-state index is 15.2. The van der Waals surface area contributed by atoms with Crippen LogP contribution in [0.25, 0.3) is 10.9 Å². The highest BCUT2D eigenvalue weighted by atomic mass is 19.1. The van der Waals surface area contributed by atoms with E-state index in [1.54, 1.807) is 6.20 Å². The molecule has 1 aliphatic rings. The zero-order chi connectivity index (χ0) is 25.2. The van der Waals surface area contributed by atoms with Gasteiger partial charge in [0.2, 0.25) is 5.78 Å². The number of pyridine rings is 2. The Bertz CT molecular complexity index is 1490. The second-order valence-corrected chi connectivity index (χ2v) is 8.16. The summed E-state index contributed by atoms with van der Waals surface area (Å²) in [6, 6.07) is 9.52. The summed E-state index contributed by atoms with van der Waals surface area (Å²) in [5.74, 6) is -4.46. The van der Waals surface area contributed by atoms with Crippen LogP contribution in [0.3, 0.4) is 0 Å². The Morgan fingerprint density at radius 2 is 1.72 bits per heavy atom. The Morgan fingerprint density at radius 3 is 2.50 bits per heavy atom. The Hall–Kier alpha value is -4.31. The van der Waals surface area contributed by atoms with Crippen molar-refractivity contribution in [1.82, 2.24) is 9.97 Å². The van der Waals surface area contributed by atoms with E-state index in [1.807, 2.05) is 6.07 Å². The van der Waals surface area contributed by atoms with Gasteiger partial charge in [-0.2, -0.15) is 0 Å². The van der Waals surface area contributed by atoms with E-state index in [9.17, 15) is 18.4 Å². The van der Waals surface area contributed by atoms with Crippen LogP contribution in [-0.2, 0) is 4.74 Å². The average Bonchev–Trinajstić information content (AvgIpc) is 2.90. The van der Waals surface area contributed by atoms with Crippen molar-refractivity contribution in [1.29, 1.82) is 0 Å². The van der Waals surface area contributed by atoms with Crippen molar-refractivity contribution >= 4 is 34.0 Å². The van der Waals surface area contributed by atoms with Crippen molar-refractivity contribution in [3.63, 3.8) is 0 Å². The molecule has 1 amide bonds. The Morgan fingerprint density at radius 1 is 0.917 bits per heavy atom. The van der Waals surface area contributed by atoms with Crippen LogP contribution in [0.1, 0.15) is 26.4 Å². The minimum absolute atomic E-state index is 0.0914. The first-order valence-corrected chi connectivity index (χ1v) is 11.1. The minimum Gasteiger partial charge on any atom is -0.378 e. The zero-order valence-electron chi connectivity index (χ0n) is 18.8. The fraction of sp³-hybridized carbons (Fsp3) is 0.154. The van der Waals surface area contributed by atoms with Gasteiger partial charge >= 0.3 is 0 Å². The van der Waals surface area contributed by atoms with Crippen LogP contribution >= 0.6 is 0 Å². The first kappa shape index (κ1) is 23.4. The van der Waals surface area contributed by atoms with Crippen LogP contribution in [0, 0.1) is 17.5 Å². The van der Waals surface area contributed by atoms with E-state index in [1.165, 1.54) is 24.4 Å². The zero-order valence-corrected chi connectivity index (χ0v) is 18.8. The summed E-state index contributed by atoms with van der Waals surface area (Å²) in [6.07, 6.45) is 3.09. The van der Waals surface area contributed by atoms with Crippen molar-refractivity contribution in [3.05, 3.63) is 95.2 Å². The Kier molecular flexibility index (Phi) is 6.34. The van der Waals surface area contributed by atoms with Crippen LogP contribution in [0.2, 0.25) is 0 Å². The summed E-state index contributed by atoms with van der Waals surface area (Å²) < 4.78 is 48.4. The van der Waals surface area contributed by atoms with E-state index >= 15 is 4.39 Å². The Labute approximate surface area is 203 Å². The number of benzene rings is 2. The Balaban J connectivity index is 1.45. The third kappa shape index (κ3) is 4.76. The molecule has 1 fully saturated rings. The second kappa shape index (κ2) is 9.74. The van der Waals surface area contributed by atoms with Crippen LogP contribution < -0.4 is 10.2 Å². The fourth-order valence-corrected chi connectivity index (χ4v) is 3.95. The molecule has 1 N–H and O–H groups in total. The smallest absolute Gasteiger partial charge is 0.255 e. The van der Waals surface area contributed by atoms with Gasteiger partial charge in [0.1, 0.15) is 17.3 Å². The summed E-state index contributed by atoms with van der Waals surface area (Å²) in [5.41, 5.74) is 0.0148. The molecule has 7 nitrogen and oxygen atoms in total. The van der Waals surface area contributed by atoms with E-state index in [4.69, 9.17) is 4.74 Å². The summed E-state index contributed by atoms with van der Waals surface area (Å²) >= 11 is 0. The molecule has 3 heterocycles. The number of ketones is 1. The maximum Gasteiger partial charge on any atom is 0.255 e. The highest BCUT2D eigenvalue weighted by Gasteiger charge is 2.22. The van der Waals surface area contributed by atoms with Gasteiger partial charge in [0.25, 0.3) is 5.91 Å². The monoisotopic (exact) mass is 492 g/mol. The molecular formula is C26H19F3N4O3. The van der Waals surface area contributed by atoms with Gasteiger partial charge in [0, 0.05) is 30.1 Å². The fourth-order valence-electron chi connectivity index (χ4n) is 3.95. The molecule has 36 heavy (non-hydrogen) atoms. The number of aromatic nitrogens is 2. The van der Waals surface area contributed by atoms with Crippen LogP contribution in [0.15, 0.2) is 60.9 Å². The number of fused-ring (bicyclic) bond motifs is 1. The van der Waals surface area contributed by atoms with Crippen molar-refractivity contribution < 1.29 is 27.5 Å². The number of carbonyl (C=O) groups excluding carboxylic acids is 2. The van der Waals surface area contributed by atoms with Crippen molar-refractivity contribution in [2.24, 2.45) is 0 Å². The van der Waals surface area contributed by atoms with Crippen LogP contribution in [0.5, 0.6) is 0 Å². The molecular weight excluding hydrogens is 473 g/mol. The third-order valence-corrected chi connectivity index (χ3v) is 5.78. The SMILES string of the molecule is O=C(Nc1cc(F)cc(C(=O)c2cc3cc(N4CCOCC4)cnc3cn2)c1F)c1cccc(F)c1. The molecule has 0 bridgehead atoms. The van der Waals surface area contributed by atoms with Gasteiger partial charge in [0.15, 0.2) is 5.82 Å². The van der Waals surface area contributed by atoms with E-state index < -0.39 is 40.4 Å². The molecule has 1 aliphatic heterocycles. The highest BCUT2D eigenvalue weighted by molar-refractivity contribution is 6.11. The molecule has 5 rings (SSSR count). The van der Waals surface area contributed by atoms with E-state index in [2.05, 4.69) is 20.2 Å². The topological polar surface area (TPSA) is 84.4 Å². The summed E-state index contributed by atoms with van der Waals surface area (Å²) in [5, 5.41) is 2.80. The number of rotatable bonds is 5. The third-order valence-electron chi connectivity index (χ3n) is 5.78. The number of nitrogens with one attached hydrogen (secondary N) is 1. The predicted octanol–water partition coefficient (Wildman–Crippen LogP) is 4.37. The minimum atomic E-state index is -1.13. The van der Waals surface area contributed by atoms with Crippen molar-refractivity contribution in [3.8, 4) is 0 Å². The first-order valence-electron chi connectivity index (χ1n) is 11.1. The number of nitrogens with zero attached hydrogens (tertiary/aromatic N) is 3. The molecule has 2 aromatic carbocycles. The number of carbonyl (C=O) groups is 2.